The summed E-state index contributed by atoms with van der Waals surface area (Å²) < 4.78 is 0. The van der Waals surface area contributed by atoms with Gasteiger partial charge in [-0.05, 0) is 86.9 Å². The molecule has 0 amide bonds. The number of hydrogen-bond acceptors (Lipinski definition) is 0. The summed E-state index contributed by atoms with van der Waals surface area (Å²) in [6, 6.07) is 0. The van der Waals surface area contributed by atoms with Gasteiger partial charge in [0.25, 0.3) is 0 Å². The quantitative estimate of drug-likeness (QED) is 0.498. The minimum atomic E-state index is 0.619. The number of rotatable bonds is 1. The fourth-order valence-electron chi connectivity index (χ4n) is 5.99. The van der Waals surface area contributed by atoms with Crippen molar-refractivity contribution in [1.82, 2.24) is 0 Å². The van der Waals surface area contributed by atoms with Crippen LogP contribution < -0.4 is 0 Å². The van der Waals surface area contributed by atoms with E-state index in [-0.39, 0.29) is 0 Å². The van der Waals surface area contributed by atoms with Gasteiger partial charge >= 0.3 is 0 Å². The van der Waals surface area contributed by atoms with E-state index in [0.717, 1.165) is 29.6 Å². The average molecular weight is 274 g/mol. The van der Waals surface area contributed by atoms with Gasteiger partial charge in [-0.3, -0.25) is 0 Å². The molecule has 0 nitrogen and oxygen atoms in total. The van der Waals surface area contributed by atoms with Crippen LogP contribution in [0.25, 0.3) is 0 Å². The molecule has 0 radical (unpaired) electrons. The Morgan fingerprint density at radius 2 is 1.85 bits per heavy atom. The van der Waals surface area contributed by atoms with Crippen molar-refractivity contribution in [2.24, 2.45) is 35.0 Å². The summed E-state index contributed by atoms with van der Waals surface area (Å²) >= 11 is 0. The summed E-state index contributed by atoms with van der Waals surface area (Å²) in [6.45, 7) is 12.5. The first kappa shape index (κ1) is 14.7. The highest BCUT2D eigenvalue weighted by molar-refractivity contribution is 5.25. The monoisotopic (exact) mass is 274 g/mol. The van der Waals surface area contributed by atoms with Crippen LogP contribution in [0.3, 0.4) is 0 Å². The molecule has 5 atom stereocenters. The normalized spacial score (nSPS) is 45.3. The van der Waals surface area contributed by atoms with E-state index < -0.39 is 0 Å². The van der Waals surface area contributed by atoms with Gasteiger partial charge in [-0.15, -0.1) is 0 Å². The van der Waals surface area contributed by atoms with Crippen LogP contribution in [0.5, 0.6) is 0 Å². The summed E-state index contributed by atoms with van der Waals surface area (Å²) in [6.07, 6.45) is 10.2. The topological polar surface area (TPSA) is 0 Å². The fraction of sp³-hybridized carbons (Fsp3) is 0.900. The molecule has 20 heavy (non-hydrogen) atoms. The average Bonchev–Trinajstić information content (AvgIpc) is 2.88. The molecule has 0 aliphatic heterocycles. The van der Waals surface area contributed by atoms with Gasteiger partial charge in [-0.25, -0.2) is 0 Å². The Bertz CT molecular complexity index is 402. The van der Waals surface area contributed by atoms with Gasteiger partial charge in [0.05, 0.1) is 0 Å². The van der Waals surface area contributed by atoms with E-state index in [1.807, 2.05) is 5.57 Å². The highest BCUT2D eigenvalue weighted by atomic mass is 14.5. The SMILES string of the molecule is CC1=C2C[C@@]3(C)CC[C@H](C(C)C)[C@@H]3CC[C@H](C)[C@@H]2CC1. The van der Waals surface area contributed by atoms with Gasteiger partial charge in [0.15, 0.2) is 0 Å². The standard InChI is InChI=1S/C20H34/c1-13(2)16-10-11-20(5)12-18-15(4)6-8-17(18)14(3)7-9-19(16)20/h13-14,16-17,19H,6-12H2,1-5H3/t14-,16+,17-,19-,20+/m0/s1. The van der Waals surface area contributed by atoms with Crippen LogP contribution in [0, 0.1) is 35.0 Å². The summed E-state index contributed by atoms with van der Waals surface area (Å²) in [7, 11) is 0. The van der Waals surface area contributed by atoms with Crippen molar-refractivity contribution in [2.45, 2.75) is 79.6 Å². The van der Waals surface area contributed by atoms with E-state index in [9.17, 15) is 0 Å². The lowest BCUT2D eigenvalue weighted by molar-refractivity contribution is 0.122. The third-order valence-electron chi connectivity index (χ3n) is 7.36. The number of allylic oxidation sites excluding steroid dienone is 2. The Morgan fingerprint density at radius 1 is 1.10 bits per heavy atom. The van der Waals surface area contributed by atoms with Crippen LogP contribution in [0.4, 0.5) is 0 Å². The predicted octanol–water partition coefficient (Wildman–Crippen LogP) is 6.22. The second kappa shape index (κ2) is 5.18. The van der Waals surface area contributed by atoms with Gasteiger partial charge < -0.3 is 0 Å². The lowest BCUT2D eigenvalue weighted by Crippen LogP contribution is -2.32. The maximum absolute atomic E-state index is 2.63. The lowest BCUT2D eigenvalue weighted by Gasteiger charge is -2.41. The fourth-order valence-corrected chi connectivity index (χ4v) is 5.99. The molecular weight excluding hydrogens is 240 g/mol. The number of fused-ring (bicyclic) bond motifs is 2. The molecule has 0 heterocycles. The molecule has 2 fully saturated rings. The maximum atomic E-state index is 2.63. The lowest BCUT2D eigenvalue weighted by atomic mass is 9.64. The molecule has 0 N–H and O–H groups in total. The molecule has 0 bridgehead atoms. The largest absolute Gasteiger partial charge is 0.0738 e. The summed E-state index contributed by atoms with van der Waals surface area (Å²) in [5.74, 6) is 4.73. The molecule has 0 unspecified atom stereocenters. The molecule has 0 saturated heterocycles. The van der Waals surface area contributed by atoms with Crippen molar-refractivity contribution in [3.63, 3.8) is 0 Å². The number of hydrogen-bond donors (Lipinski definition) is 0. The van der Waals surface area contributed by atoms with Crippen LogP contribution in [-0.2, 0) is 0 Å². The highest BCUT2D eigenvalue weighted by Gasteiger charge is 2.48. The predicted molar refractivity (Wildman–Crippen MR) is 87.6 cm³/mol. The minimum Gasteiger partial charge on any atom is -0.0738 e. The molecule has 0 aromatic rings. The third-order valence-corrected chi connectivity index (χ3v) is 7.36. The van der Waals surface area contributed by atoms with Gasteiger partial charge in [0.2, 0.25) is 0 Å². The van der Waals surface area contributed by atoms with Crippen molar-refractivity contribution in [1.29, 1.82) is 0 Å². The zero-order valence-corrected chi connectivity index (χ0v) is 14.3. The van der Waals surface area contributed by atoms with Crippen LogP contribution in [0.2, 0.25) is 0 Å². The molecular formula is C20H34. The molecule has 2 saturated carbocycles. The van der Waals surface area contributed by atoms with Gasteiger partial charge in [0.1, 0.15) is 0 Å². The first-order valence-electron chi connectivity index (χ1n) is 9.11. The Labute approximate surface area is 126 Å². The molecule has 0 heteroatoms. The molecule has 0 aromatic carbocycles. The van der Waals surface area contributed by atoms with Crippen molar-refractivity contribution in [2.75, 3.05) is 0 Å². The highest BCUT2D eigenvalue weighted by Crippen LogP contribution is 2.58. The Hall–Kier alpha value is -0.260. The Kier molecular flexibility index (Phi) is 3.80. The zero-order valence-electron chi connectivity index (χ0n) is 14.3. The van der Waals surface area contributed by atoms with Crippen LogP contribution in [-0.4, -0.2) is 0 Å². The van der Waals surface area contributed by atoms with E-state index in [1.165, 1.54) is 44.9 Å². The third kappa shape index (κ3) is 2.28. The maximum Gasteiger partial charge on any atom is -0.0172 e. The second-order valence-electron chi connectivity index (χ2n) is 8.89. The summed E-state index contributed by atoms with van der Waals surface area (Å²) in [4.78, 5) is 0. The van der Waals surface area contributed by atoms with E-state index >= 15 is 0 Å². The Morgan fingerprint density at radius 3 is 2.55 bits per heavy atom. The van der Waals surface area contributed by atoms with E-state index in [4.69, 9.17) is 0 Å². The molecule has 3 aliphatic rings. The summed E-state index contributed by atoms with van der Waals surface area (Å²) in [5.41, 5.74) is 4.28. The van der Waals surface area contributed by atoms with Crippen molar-refractivity contribution < 1.29 is 0 Å². The van der Waals surface area contributed by atoms with Crippen LogP contribution in [0.1, 0.15) is 79.6 Å². The summed E-state index contributed by atoms with van der Waals surface area (Å²) in [5, 5.41) is 0. The van der Waals surface area contributed by atoms with Gasteiger partial charge in [-0.2, -0.15) is 0 Å². The first-order valence-corrected chi connectivity index (χ1v) is 9.11. The smallest absolute Gasteiger partial charge is 0.0172 e. The zero-order chi connectivity index (χ0) is 14.5. The van der Waals surface area contributed by atoms with Crippen LogP contribution in [0.15, 0.2) is 11.1 Å². The molecule has 3 rings (SSSR count). The van der Waals surface area contributed by atoms with Gasteiger partial charge in [-0.1, -0.05) is 38.8 Å². The van der Waals surface area contributed by atoms with Crippen molar-refractivity contribution >= 4 is 0 Å². The molecule has 0 spiro atoms. The molecule has 114 valence electrons. The van der Waals surface area contributed by atoms with Crippen molar-refractivity contribution in [3.05, 3.63) is 11.1 Å². The van der Waals surface area contributed by atoms with E-state index in [0.29, 0.717) is 5.41 Å². The Balaban J connectivity index is 1.91. The van der Waals surface area contributed by atoms with Crippen molar-refractivity contribution in [3.8, 4) is 0 Å². The van der Waals surface area contributed by atoms with E-state index in [2.05, 4.69) is 34.6 Å². The molecule has 3 aliphatic carbocycles. The molecule has 0 aromatic heterocycles. The van der Waals surface area contributed by atoms with Crippen LogP contribution >= 0.6 is 0 Å². The van der Waals surface area contributed by atoms with Gasteiger partial charge in [0, 0.05) is 0 Å². The van der Waals surface area contributed by atoms with E-state index in [1.54, 1.807) is 5.57 Å². The minimum absolute atomic E-state index is 0.619. The first-order chi connectivity index (χ1) is 9.42. The second-order valence-corrected chi connectivity index (χ2v) is 8.89.